The third-order valence-corrected chi connectivity index (χ3v) is 1.07. The molecule has 1 radical (unpaired) electrons. The molecule has 0 aromatic carbocycles. The van der Waals surface area contributed by atoms with E-state index >= 15 is 0 Å². The Bertz CT molecular complexity index is 135. The van der Waals surface area contributed by atoms with Crippen molar-refractivity contribution < 1.29 is 29.4 Å². The molecule has 61 valence electrons. The van der Waals surface area contributed by atoms with Crippen molar-refractivity contribution in [1.82, 2.24) is 0 Å². The first-order valence-electron chi connectivity index (χ1n) is 2.43. The van der Waals surface area contributed by atoms with Crippen LogP contribution in [0.4, 0.5) is 0 Å². The molecule has 0 aliphatic rings. The van der Waals surface area contributed by atoms with Crippen LogP contribution in [0.1, 0.15) is 20.8 Å². The van der Waals surface area contributed by atoms with Crippen LogP contribution in [0.25, 0.3) is 0 Å². The Morgan fingerprint density at radius 2 is 1.50 bits per heavy atom. The monoisotopic (exact) mass is 231 g/mol. The molecule has 0 saturated heterocycles. The SMILES string of the molecule is CC(=O)/C(C)=C(/C)O.[CH3-].[Ru+]. The molecule has 0 spiro atoms. The van der Waals surface area contributed by atoms with Gasteiger partial charge in [0, 0.05) is 5.57 Å². The summed E-state index contributed by atoms with van der Waals surface area (Å²) in [5, 5.41) is 8.65. The van der Waals surface area contributed by atoms with E-state index in [1.165, 1.54) is 13.8 Å². The molecule has 10 heavy (non-hydrogen) atoms. The van der Waals surface area contributed by atoms with Gasteiger partial charge < -0.3 is 12.5 Å². The summed E-state index contributed by atoms with van der Waals surface area (Å²) in [6.07, 6.45) is 0. The molecule has 2 nitrogen and oxygen atoms in total. The molecule has 0 heterocycles. The minimum atomic E-state index is -0.0787. The number of carbonyl (C=O) groups is 1. The largest absolute Gasteiger partial charge is 1.00 e. The maximum absolute atomic E-state index is 10.4. The van der Waals surface area contributed by atoms with Gasteiger partial charge in [-0.1, -0.05) is 0 Å². The number of rotatable bonds is 1. The van der Waals surface area contributed by atoms with Crippen molar-refractivity contribution in [3.63, 3.8) is 0 Å². The zero-order valence-corrected chi connectivity index (χ0v) is 8.45. The van der Waals surface area contributed by atoms with Gasteiger partial charge in [0.05, 0.1) is 5.76 Å². The molecule has 0 amide bonds. The second-order valence-electron chi connectivity index (χ2n) is 1.77. The van der Waals surface area contributed by atoms with E-state index in [2.05, 4.69) is 0 Å². The predicted octanol–water partition coefficient (Wildman–Crippen LogP) is 1.88. The van der Waals surface area contributed by atoms with Gasteiger partial charge in [0.1, 0.15) is 0 Å². The number of allylic oxidation sites excluding steroid dienone is 2. The first-order valence-corrected chi connectivity index (χ1v) is 2.43. The second-order valence-corrected chi connectivity index (χ2v) is 1.77. The molecule has 0 aromatic heterocycles. The fourth-order valence-corrected chi connectivity index (χ4v) is 0.255. The molecular weight excluding hydrogens is 217 g/mol. The van der Waals surface area contributed by atoms with Gasteiger partial charge in [-0.2, -0.15) is 0 Å². The van der Waals surface area contributed by atoms with Gasteiger partial charge >= 0.3 is 19.5 Å². The van der Waals surface area contributed by atoms with E-state index in [9.17, 15) is 4.79 Å². The molecule has 1 N–H and O–H groups in total. The van der Waals surface area contributed by atoms with Gasteiger partial charge in [0.2, 0.25) is 0 Å². The van der Waals surface area contributed by atoms with Crippen LogP contribution in [-0.4, -0.2) is 10.9 Å². The van der Waals surface area contributed by atoms with Crippen LogP contribution in [0.5, 0.6) is 0 Å². The predicted molar refractivity (Wildman–Crippen MR) is 38.1 cm³/mol. The summed E-state index contributed by atoms with van der Waals surface area (Å²) in [6, 6.07) is 0. The molecule has 0 unspecified atom stereocenters. The second kappa shape index (κ2) is 6.95. The third-order valence-electron chi connectivity index (χ3n) is 1.07. The summed E-state index contributed by atoms with van der Waals surface area (Å²) in [7, 11) is 0. The molecule has 0 aliphatic heterocycles. The smallest absolute Gasteiger partial charge is 0.512 e. The summed E-state index contributed by atoms with van der Waals surface area (Å²) in [5.41, 5.74) is 0.435. The number of ketones is 1. The third kappa shape index (κ3) is 5.96. The maximum atomic E-state index is 10.4. The summed E-state index contributed by atoms with van der Waals surface area (Å²) >= 11 is 0. The van der Waals surface area contributed by atoms with Gasteiger partial charge in [0.15, 0.2) is 5.78 Å². The van der Waals surface area contributed by atoms with Crippen LogP contribution in [-0.2, 0) is 24.3 Å². The van der Waals surface area contributed by atoms with Crippen LogP contribution in [0.3, 0.4) is 0 Å². The molecule has 0 bridgehead atoms. The molecule has 0 rings (SSSR count). The van der Waals surface area contributed by atoms with Crippen molar-refractivity contribution >= 4 is 5.78 Å². The van der Waals surface area contributed by atoms with Crippen LogP contribution >= 0.6 is 0 Å². The van der Waals surface area contributed by atoms with Crippen molar-refractivity contribution in [1.29, 1.82) is 0 Å². The van der Waals surface area contributed by atoms with Gasteiger partial charge in [0.25, 0.3) is 0 Å². The average molecular weight is 230 g/mol. The van der Waals surface area contributed by atoms with Gasteiger partial charge in [-0.15, -0.1) is 0 Å². The first kappa shape index (κ1) is 16.4. The van der Waals surface area contributed by atoms with Crippen LogP contribution in [0, 0.1) is 7.43 Å². The van der Waals surface area contributed by atoms with Crippen LogP contribution in [0.2, 0.25) is 0 Å². The molecule has 0 saturated carbocycles. The Morgan fingerprint density at radius 3 is 1.50 bits per heavy atom. The number of carbonyl (C=O) groups excluding carboxylic acids is 1. The van der Waals surface area contributed by atoms with Crippen molar-refractivity contribution in [3.8, 4) is 0 Å². The Balaban J connectivity index is -0.000000245. The maximum Gasteiger partial charge on any atom is 1.00 e. The molecule has 0 aliphatic carbocycles. The Morgan fingerprint density at radius 1 is 1.20 bits per heavy atom. The number of aliphatic hydroxyl groups is 1. The molecule has 3 heteroatoms. The van der Waals surface area contributed by atoms with E-state index in [-0.39, 0.29) is 38.4 Å². The van der Waals surface area contributed by atoms with E-state index in [1.54, 1.807) is 6.92 Å². The Labute approximate surface area is 75.1 Å². The van der Waals surface area contributed by atoms with Gasteiger partial charge in [-0.05, 0) is 20.8 Å². The van der Waals surface area contributed by atoms with E-state index in [0.29, 0.717) is 5.57 Å². The number of hydrogen-bond donors (Lipinski definition) is 1. The zero-order chi connectivity index (χ0) is 6.73. The van der Waals surface area contributed by atoms with Gasteiger partial charge in [-0.25, -0.2) is 0 Å². The minimum absolute atomic E-state index is 0. The normalized spacial score (nSPS) is 10.3. The average Bonchev–Trinajstić information content (AvgIpc) is 1.64. The minimum Gasteiger partial charge on any atom is -0.512 e. The van der Waals surface area contributed by atoms with Crippen LogP contribution in [0.15, 0.2) is 11.3 Å². The summed E-state index contributed by atoms with van der Waals surface area (Å²) in [5.74, 6) is 0.0301. The van der Waals surface area contributed by atoms with Crippen molar-refractivity contribution in [2.45, 2.75) is 20.8 Å². The molecule has 0 aromatic rings. The van der Waals surface area contributed by atoms with Crippen molar-refractivity contribution in [2.24, 2.45) is 0 Å². The summed E-state index contributed by atoms with van der Waals surface area (Å²) in [6.45, 7) is 4.52. The van der Waals surface area contributed by atoms with Gasteiger partial charge in [-0.3, -0.25) is 4.79 Å². The number of aliphatic hydroxyl groups excluding tert-OH is 1. The molecular formula is C7H13O2Ru. The standard InChI is InChI=1S/C6H10O2.CH3.Ru/c1-4(5(2)7)6(3)8;;/h7H,1-3H3;1H3;/q;-1;+1/b5-4-;;. The summed E-state index contributed by atoms with van der Waals surface area (Å²) < 4.78 is 0. The quantitative estimate of drug-likeness (QED) is 0.323. The number of Topliss-reactive ketones (excluding diaryl/α,β-unsaturated/α-hetero) is 1. The van der Waals surface area contributed by atoms with Crippen LogP contribution < -0.4 is 0 Å². The fourth-order valence-electron chi connectivity index (χ4n) is 0.255. The van der Waals surface area contributed by atoms with Crippen molar-refractivity contribution in [2.75, 3.05) is 0 Å². The topological polar surface area (TPSA) is 37.3 Å². The number of hydrogen-bond acceptors (Lipinski definition) is 2. The fraction of sp³-hybridized carbons (Fsp3) is 0.429. The van der Waals surface area contributed by atoms with E-state index in [0.717, 1.165) is 0 Å². The van der Waals surface area contributed by atoms with E-state index in [4.69, 9.17) is 5.11 Å². The Hall–Kier alpha value is -0.167. The van der Waals surface area contributed by atoms with E-state index in [1.807, 2.05) is 0 Å². The van der Waals surface area contributed by atoms with Crippen molar-refractivity contribution in [3.05, 3.63) is 18.8 Å². The molecule has 0 fully saturated rings. The first-order chi connectivity index (χ1) is 3.55. The van der Waals surface area contributed by atoms with E-state index < -0.39 is 0 Å². The zero-order valence-electron chi connectivity index (χ0n) is 6.71. The summed E-state index contributed by atoms with van der Waals surface area (Å²) in [4.78, 5) is 10.4. The Kier molecular flexibility index (Phi) is 11.4. The molecule has 0 atom stereocenters.